The van der Waals surface area contributed by atoms with E-state index in [4.69, 9.17) is 0 Å². The zero-order valence-electron chi connectivity index (χ0n) is 9.04. The summed E-state index contributed by atoms with van der Waals surface area (Å²) in [4.78, 5) is 0. The molecule has 1 aliphatic rings. The lowest BCUT2D eigenvalue weighted by Crippen LogP contribution is -2.36. The fourth-order valence-electron chi connectivity index (χ4n) is 1.78. The second kappa shape index (κ2) is 4.33. The minimum atomic E-state index is -3.51. The van der Waals surface area contributed by atoms with Crippen molar-refractivity contribution in [3.05, 3.63) is 0 Å². The van der Waals surface area contributed by atoms with Crippen LogP contribution in [0.3, 0.4) is 0 Å². The predicted octanol–water partition coefficient (Wildman–Crippen LogP) is 1.70. The van der Waals surface area contributed by atoms with E-state index in [1.54, 1.807) is 6.92 Å². The van der Waals surface area contributed by atoms with Gasteiger partial charge in [0, 0.05) is 25.9 Å². The Balaban J connectivity index is 2.70. The van der Waals surface area contributed by atoms with Gasteiger partial charge in [0.2, 0.25) is 10.0 Å². The standard InChI is InChI=1S/C9H17F2NO2S/c1-3-12(2)15(13,14)7-8-5-4-6-9(8,10)11/h8H,3-7H2,1-2H3. The summed E-state index contributed by atoms with van der Waals surface area (Å²) >= 11 is 0. The van der Waals surface area contributed by atoms with Gasteiger partial charge in [0.05, 0.1) is 5.75 Å². The fraction of sp³-hybridized carbons (Fsp3) is 1.00. The molecule has 0 bridgehead atoms. The first-order valence-electron chi connectivity index (χ1n) is 5.11. The lowest BCUT2D eigenvalue weighted by atomic mass is 10.1. The highest BCUT2D eigenvalue weighted by Gasteiger charge is 2.46. The summed E-state index contributed by atoms with van der Waals surface area (Å²) in [5, 5.41) is 0. The van der Waals surface area contributed by atoms with Crippen LogP contribution in [0.15, 0.2) is 0 Å². The lowest BCUT2D eigenvalue weighted by Gasteiger charge is -2.22. The molecule has 0 aromatic rings. The summed E-state index contributed by atoms with van der Waals surface area (Å²) in [6.45, 7) is 2.00. The molecule has 1 saturated carbocycles. The van der Waals surface area contributed by atoms with Crippen molar-refractivity contribution in [2.24, 2.45) is 5.92 Å². The van der Waals surface area contributed by atoms with Gasteiger partial charge in [0.1, 0.15) is 0 Å². The number of nitrogens with zero attached hydrogens (tertiary/aromatic N) is 1. The largest absolute Gasteiger partial charge is 0.251 e. The average molecular weight is 241 g/mol. The van der Waals surface area contributed by atoms with Crippen LogP contribution in [0, 0.1) is 5.92 Å². The number of hydrogen-bond donors (Lipinski definition) is 0. The van der Waals surface area contributed by atoms with E-state index in [1.807, 2.05) is 0 Å². The number of halogens is 2. The highest BCUT2D eigenvalue weighted by Crippen LogP contribution is 2.41. The zero-order valence-corrected chi connectivity index (χ0v) is 9.86. The molecule has 1 unspecified atom stereocenters. The third-order valence-corrected chi connectivity index (χ3v) is 5.02. The highest BCUT2D eigenvalue weighted by atomic mass is 32.2. The molecule has 90 valence electrons. The molecule has 0 aromatic heterocycles. The van der Waals surface area contributed by atoms with Crippen LogP contribution in [0.25, 0.3) is 0 Å². The van der Waals surface area contributed by atoms with Crippen LogP contribution in [0.5, 0.6) is 0 Å². The minimum Gasteiger partial charge on any atom is -0.212 e. The first kappa shape index (κ1) is 12.8. The molecule has 6 heteroatoms. The molecule has 0 spiro atoms. The Bertz CT molecular complexity index is 316. The van der Waals surface area contributed by atoms with Gasteiger partial charge in [-0.15, -0.1) is 0 Å². The first-order chi connectivity index (χ1) is 6.79. The molecule has 1 atom stereocenters. The van der Waals surface area contributed by atoms with Crippen molar-refractivity contribution < 1.29 is 17.2 Å². The van der Waals surface area contributed by atoms with Gasteiger partial charge in [-0.25, -0.2) is 21.5 Å². The molecule has 0 heterocycles. The summed E-state index contributed by atoms with van der Waals surface area (Å²) in [5.74, 6) is -4.23. The number of rotatable bonds is 4. The molecular weight excluding hydrogens is 224 g/mol. The number of hydrogen-bond acceptors (Lipinski definition) is 2. The van der Waals surface area contributed by atoms with Crippen LogP contribution in [0.4, 0.5) is 8.78 Å². The van der Waals surface area contributed by atoms with Gasteiger partial charge >= 0.3 is 0 Å². The van der Waals surface area contributed by atoms with Crippen molar-refractivity contribution in [1.29, 1.82) is 0 Å². The topological polar surface area (TPSA) is 37.4 Å². The van der Waals surface area contributed by atoms with Gasteiger partial charge in [0.15, 0.2) is 0 Å². The summed E-state index contributed by atoms with van der Waals surface area (Å²) in [6, 6.07) is 0. The maximum absolute atomic E-state index is 13.2. The van der Waals surface area contributed by atoms with Crippen molar-refractivity contribution in [3.63, 3.8) is 0 Å². The van der Waals surface area contributed by atoms with Gasteiger partial charge < -0.3 is 0 Å². The third-order valence-electron chi connectivity index (χ3n) is 2.99. The van der Waals surface area contributed by atoms with E-state index >= 15 is 0 Å². The summed E-state index contributed by atoms with van der Waals surface area (Å²) in [6.07, 6.45) is 0.551. The predicted molar refractivity (Wildman–Crippen MR) is 54.4 cm³/mol. The Kier molecular flexibility index (Phi) is 3.71. The zero-order chi connectivity index (χ0) is 11.7. The fourth-order valence-corrected chi connectivity index (χ4v) is 3.35. The normalized spacial score (nSPS) is 26.1. The maximum Gasteiger partial charge on any atom is 0.251 e. The van der Waals surface area contributed by atoms with E-state index in [9.17, 15) is 17.2 Å². The van der Waals surface area contributed by atoms with Crippen LogP contribution < -0.4 is 0 Å². The third kappa shape index (κ3) is 2.87. The molecule has 3 nitrogen and oxygen atoms in total. The van der Waals surface area contributed by atoms with E-state index < -0.39 is 27.6 Å². The van der Waals surface area contributed by atoms with Gasteiger partial charge in [0.25, 0.3) is 5.92 Å². The highest BCUT2D eigenvalue weighted by molar-refractivity contribution is 7.89. The van der Waals surface area contributed by atoms with E-state index in [0.29, 0.717) is 19.4 Å². The first-order valence-corrected chi connectivity index (χ1v) is 6.72. The molecular formula is C9H17F2NO2S. The lowest BCUT2D eigenvalue weighted by molar-refractivity contribution is -0.0290. The average Bonchev–Trinajstić information content (AvgIpc) is 2.44. The van der Waals surface area contributed by atoms with Crippen molar-refractivity contribution in [3.8, 4) is 0 Å². The van der Waals surface area contributed by atoms with Crippen LogP contribution in [-0.4, -0.2) is 38.0 Å². The van der Waals surface area contributed by atoms with Crippen LogP contribution in [-0.2, 0) is 10.0 Å². The number of sulfonamides is 1. The molecule has 0 amide bonds. The van der Waals surface area contributed by atoms with E-state index in [1.165, 1.54) is 7.05 Å². The van der Waals surface area contributed by atoms with Crippen LogP contribution in [0.2, 0.25) is 0 Å². The van der Waals surface area contributed by atoms with Crippen molar-refractivity contribution in [2.75, 3.05) is 19.3 Å². The Morgan fingerprint density at radius 2 is 2.07 bits per heavy atom. The minimum absolute atomic E-state index is 0.178. The van der Waals surface area contributed by atoms with Crippen molar-refractivity contribution >= 4 is 10.0 Å². The van der Waals surface area contributed by atoms with Gasteiger partial charge in [-0.3, -0.25) is 0 Å². The van der Waals surface area contributed by atoms with E-state index in [-0.39, 0.29) is 6.42 Å². The number of alkyl halides is 2. The van der Waals surface area contributed by atoms with E-state index in [2.05, 4.69) is 0 Å². The smallest absolute Gasteiger partial charge is 0.212 e. The second-order valence-corrected chi connectivity index (χ2v) is 6.16. The monoisotopic (exact) mass is 241 g/mol. The van der Waals surface area contributed by atoms with Gasteiger partial charge in [-0.2, -0.15) is 0 Å². The Hall–Kier alpha value is -0.230. The van der Waals surface area contributed by atoms with Crippen molar-refractivity contribution in [2.45, 2.75) is 32.1 Å². The molecule has 0 aromatic carbocycles. The molecule has 1 aliphatic carbocycles. The second-order valence-electron chi connectivity index (χ2n) is 4.04. The van der Waals surface area contributed by atoms with Crippen LogP contribution in [0.1, 0.15) is 26.2 Å². The summed E-state index contributed by atoms with van der Waals surface area (Å²) in [7, 11) is -2.09. The molecule has 1 fully saturated rings. The SMILES string of the molecule is CCN(C)S(=O)(=O)CC1CCCC1(F)F. The quantitative estimate of drug-likeness (QED) is 0.751. The van der Waals surface area contributed by atoms with Gasteiger partial charge in [-0.1, -0.05) is 6.92 Å². The van der Waals surface area contributed by atoms with Crippen molar-refractivity contribution in [1.82, 2.24) is 4.31 Å². The summed E-state index contributed by atoms with van der Waals surface area (Å²) in [5.41, 5.74) is 0. The molecule has 1 rings (SSSR count). The molecule has 0 N–H and O–H groups in total. The van der Waals surface area contributed by atoms with Crippen LogP contribution >= 0.6 is 0 Å². The molecule has 0 radical (unpaired) electrons. The van der Waals surface area contributed by atoms with E-state index in [0.717, 1.165) is 4.31 Å². The Labute approximate surface area is 89.5 Å². The Morgan fingerprint density at radius 1 is 1.47 bits per heavy atom. The molecule has 0 aliphatic heterocycles. The molecule has 15 heavy (non-hydrogen) atoms. The summed E-state index contributed by atoms with van der Waals surface area (Å²) < 4.78 is 50.8. The van der Waals surface area contributed by atoms with Gasteiger partial charge in [-0.05, 0) is 12.8 Å². The molecule has 0 saturated heterocycles. The Morgan fingerprint density at radius 3 is 2.47 bits per heavy atom. The maximum atomic E-state index is 13.2.